The van der Waals surface area contributed by atoms with Crippen LogP contribution in [0.2, 0.25) is 0 Å². The lowest BCUT2D eigenvalue weighted by Crippen LogP contribution is -2.29. The standard InChI is InChI=1S/C17H27ClN2/c1-3-5-13-19-14-15(18)11-12-16(4-2)20-17-9-7-6-8-10-17/h4-5,11-14,17,19-20H,3,6-10H2,1-2H3/b12-11-,13-5-,15-14+,16-4-. The molecule has 20 heavy (non-hydrogen) atoms. The molecule has 0 spiro atoms. The Balaban J connectivity index is 2.42. The summed E-state index contributed by atoms with van der Waals surface area (Å²) in [5, 5.41) is 7.33. The molecular weight excluding hydrogens is 268 g/mol. The average Bonchev–Trinajstić information content (AvgIpc) is 2.49. The summed E-state index contributed by atoms with van der Waals surface area (Å²) in [7, 11) is 0. The van der Waals surface area contributed by atoms with Gasteiger partial charge in [-0.3, -0.25) is 0 Å². The third-order valence-corrected chi connectivity index (χ3v) is 3.62. The highest BCUT2D eigenvalue weighted by Crippen LogP contribution is 2.18. The molecule has 0 aromatic carbocycles. The minimum absolute atomic E-state index is 0.618. The Labute approximate surface area is 128 Å². The normalized spacial score (nSPS) is 18.9. The first-order valence-corrected chi connectivity index (χ1v) is 8.01. The first-order chi connectivity index (χ1) is 9.76. The molecule has 1 aliphatic rings. The van der Waals surface area contributed by atoms with Crippen LogP contribution in [0.1, 0.15) is 52.4 Å². The van der Waals surface area contributed by atoms with Gasteiger partial charge in [0, 0.05) is 17.9 Å². The van der Waals surface area contributed by atoms with Crippen molar-refractivity contribution in [3.63, 3.8) is 0 Å². The molecule has 0 atom stereocenters. The van der Waals surface area contributed by atoms with E-state index in [2.05, 4.69) is 30.6 Å². The van der Waals surface area contributed by atoms with Gasteiger partial charge in [-0.15, -0.1) is 0 Å². The van der Waals surface area contributed by atoms with E-state index in [-0.39, 0.29) is 0 Å². The summed E-state index contributed by atoms with van der Waals surface area (Å²) in [5.74, 6) is 0. The smallest absolute Gasteiger partial charge is 0.0566 e. The summed E-state index contributed by atoms with van der Waals surface area (Å²) in [5.41, 5.74) is 1.15. The molecule has 0 bridgehead atoms. The molecule has 0 heterocycles. The van der Waals surface area contributed by atoms with Gasteiger partial charge in [0.2, 0.25) is 0 Å². The molecule has 2 N–H and O–H groups in total. The average molecular weight is 295 g/mol. The van der Waals surface area contributed by atoms with E-state index in [1.807, 2.05) is 24.4 Å². The van der Waals surface area contributed by atoms with Crippen molar-refractivity contribution in [1.29, 1.82) is 0 Å². The Morgan fingerprint density at radius 2 is 1.95 bits per heavy atom. The van der Waals surface area contributed by atoms with Crippen LogP contribution >= 0.6 is 11.6 Å². The first-order valence-electron chi connectivity index (χ1n) is 7.64. The zero-order valence-corrected chi connectivity index (χ0v) is 13.4. The number of nitrogens with one attached hydrogen (secondary N) is 2. The molecule has 0 aromatic heterocycles. The zero-order valence-electron chi connectivity index (χ0n) is 12.7. The van der Waals surface area contributed by atoms with Crippen molar-refractivity contribution in [1.82, 2.24) is 10.6 Å². The molecule has 0 aliphatic heterocycles. The monoisotopic (exact) mass is 294 g/mol. The second-order valence-corrected chi connectivity index (χ2v) is 5.50. The van der Waals surface area contributed by atoms with Gasteiger partial charge in [0.1, 0.15) is 0 Å². The molecule has 2 nitrogen and oxygen atoms in total. The second-order valence-electron chi connectivity index (χ2n) is 5.06. The van der Waals surface area contributed by atoms with E-state index >= 15 is 0 Å². The van der Waals surface area contributed by atoms with Crippen molar-refractivity contribution >= 4 is 11.6 Å². The molecule has 3 heteroatoms. The van der Waals surface area contributed by atoms with Gasteiger partial charge in [0.05, 0.1) is 5.03 Å². The van der Waals surface area contributed by atoms with Crippen molar-refractivity contribution in [3.05, 3.63) is 47.4 Å². The highest BCUT2D eigenvalue weighted by atomic mass is 35.5. The van der Waals surface area contributed by atoms with Crippen LogP contribution in [-0.2, 0) is 0 Å². The van der Waals surface area contributed by atoms with Crippen molar-refractivity contribution in [2.24, 2.45) is 0 Å². The van der Waals surface area contributed by atoms with Gasteiger partial charge in [-0.1, -0.05) is 49.9 Å². The van der Waals surface area contributed by atoms with Crippen molar-refractivity contribution in [2.75, 3.05) is 0 Å². The maximum atomic E-state index is 6.13. The highest BCUT2D eigenvalue weighted by molar-refractivity contribution is 6.31. The molecule has 0 aromatic rings. The van der Waals surface area contributed by atoms with Crippen molar-refractivity contribution < 1.29 is 0 Å². The van der Waals surface area contributed by atoms with Crippen LogP contribution in [0.15, 0.2) is 47.4 Å². The van der Waals surface area contributed by atoms with Gasteiger partial charge in [0.15, 0.2) is 0 Å². The van der Waals surface area contributed by atoms with Gasteiger partial charge in [-0.2, -0.15) is 0 Å². The van der Waals surface area contributed by atoms with E-state index in [1.165, 1.54) is 32.1 Å². The molecule has 1 aliphatic carbocycles. The van der Waals surface area contributed by atoms with Crippen molar-refractivity contribution in [2.45, 2.75) is 58.4 Å². The number of halogens is 1. The van der Waals surface area contributed by atoms with E-state index in [0.29, 0.717) is 11.1 Å². The summed E-state index contributed by atoms with van der Waals surface area (Å²) < 4.78 is 0. The van der Waals surface area contributed by atoms with Gasteiger partial charge in [-0.25, -0.2) is 0 Å². The summed E-state index contributed by atoms with van der Waals surface area (Å²) in [6, 6.07) is 0.618. The van der Waals surface area contributed by atoms with E-state index < -0.39 is 0 Å². The molecule has 0 unspecified atom stereocenters. The number of hydrogen-bond donors (Lipinski definition) is 2. The number of hydrogen-bond acceptors (Lipinski definition) is 2. The Morgan fingerprint density at radius 3 is 2.60 bits per heavy atom. The molecule has 1 fully saturated rings. The lowest BCUT2D eigenvalue weighted by atomic mass is 9.95. The summed E-state index contributed by atoms with van der Waals surface area (Å²) in [6.07, 6.45) is 19.4. The Bertz CT molecular complexity index is 374. The summed E-state index contributed by atoms with van der Waals surface area (Å²) >= 11 is 6.13. The van der Waals surface area contributed by atoms with Crippen LogP contribution in [-0.4, -0.2) is 6.04 Å². The lowest BCUT2D eigenvalue weighted by molar-refractivity contribution is 0.399. The lowest BCUT2D eigenvalue weighted by Gasteiger charge is -2.24. The Morgan fingerprint density at radius 1 is 1.20 bits per heavy atom. The fourth-order valence-corrected chi connectivity index (χ4v) is 2.37. The minimum atomic E-state index is 0.618. The maximum Gasteiger partial charge on any atom is 0.0566 e. The Hall–Kier alpha value is -1.15. The fraction of sp³-hybridized carbons (Fsp3) is 0.529. The molecule has 0 radical (unpaired) electrons. The van der Waals surface area contributed by atoms with E-state index in [1.54, 1.807) is 6.20 Å². The van der Waals surface area contributed by atoms with Crippen LogP contribution in [0.5, 0.6) is 0 Å². The summed E-state index contributed by atoms with van der Waals surface area (Å²) in [4.78, 5) is 0. The largest absolute Gasteiger partial charge is 0.383 e. The van der Waals surface area contributed by atoms with E-state index in [4.69, 9.17) is 11.6 Å². The quantitative estimate of drug-likeness (QED) is 0.648. The molecule has 0 saturated heterocycles. The first kappa shape index (κ1) is 16.9. The Kier molecular flexibility index (Phi) is 8.97. The predicted molar refractivity (Wildman–Crippen MR) is 89.4 cm³/mol. The van der Waals surface area contributed by atoms with Crippen LogP contribution in [0, 0.1) is 0 Å². The number of allylic oxidation sites excluding steroid dienone is 5. The summed E-state index contributed by atoms with van der Waals surface area (Å²) in [6.45, 7) is 4.15. The van der Waals surface area contributed by atoms with E-state index in [0.717, 1.165) is 12.1 Å². The topological polar surface area (TPSA) is 24.1 Å². The SMILES string of the molecule is C/C=C(/C=C\C(Cl)=C/N/C=C\CC)NC1CCCCC1. The molecule has 1 saturated carbocycles. The van der Waals surface area contributed by atoms with Crippen LogP contribution < -0.4 is 10.6 Å². The molecule has 112 valence electrons. The fourth-order valence-electron chi connectivity index (χ4n) is 2.24. The molecule has 0 amide bonds. The van der Waals surface area contributed by atoms with Crippen LogP contribution in [0.25, 0.3) is 0 Å². The maximum absolute atomic E-state index is 6.13. The van der Waals surface area contributed by atoms with Gasteiger partial charge in [-0.05, 0) is 44.5 Å². The molecule has 1 rings (SSSR count). The third kappa shape index (κ3) is 7.44. The van der Waals surface area contributed by atoms with Gasteiger partial charge in [0.25, 0.3) is 0 Å². The zero-order chi connectivity index (χ0) is 14.6. The predicted octanol–water partition coefficient (Wildman–Crippen LogP) is 4.96. The van der Waals surface area contributed by atoms with Crippen molar-refractivity contribution in [3.8, 4) is 0 Å². The minimum Gasteiger partial charge on any atom is -0.383 e. The van der Waals surface area contributed by atoms with Crippen LogP contribution in [0.4, 0.5) is 0 Å². The number of rotatable bonds is 7. The van der Waals surface area contributed by atoms with Crippen LogP contribution in [0.3, 0.4) is 0 Å². The third-order valence-electron chi connectivity index (χ3n) is 3.38. The van der Waals surface area contributed by atoms with Gasteiger partial charge >= 0.3 is 0 Å². The highest BCUT2D eigenvalue weighted by Gasteiger charge is 2.12. The van der Waals surface area contributed by atoms with E-state index in [9.17, 15) is 0 Å². The molecular formula is C17H27ClN2. The second kappa shape index (κ2) is 10.6. The van der Waals surface area contributed by atoms with Gasteiger partial charge < -0.3 is 10.6 Å².